The molecule has 2 heterocycles. The van der Waals surface area contributed by atoms with Gasteiger partial charge in [-0.2, -0.15) is 0 Å². The third-order valence-corrected chi connectivity index (χ3v) is 6.23. The number of aromatic nitrogens is 1. The quantitative estimate of drug-likeness (QED) is 0.433. The van der Waals surface area contributed by atoms with E-state index in [0.29, 0.717) is 47.4 Å². The van der Waals surface area contributed by atoms with Crippen molar-refractivity contribution in [3.8, 4) is 5.69 Å². The zero-order valence-corrected chi connectivity index (χ0v) is 23.5. The van der Waals surface area contributed by atoms with Gasteiger partial charge >= 0.3 is 12.1 Å². The minimum Gasteiger partial charge on any atom is -0.444 e. The molecule has 0 bridgehead atoms. The van der Waals surface area contributed by atoms with E-state index in [-0.39, 0.29) is 30.1 Å². The van der Waals surface area contributed by atoms with Crippen LogP contribution < -0.4 is 16.1 Å². The molecule has 3 aromatic rings. The van der Waals surface area contributed by atoms with Crippen LogP contribution in [0.15, 0.2) is 59.5 Å². The number of rotatable bonds is 4. The Hall–Kier alpha value is -3.52. The van der Waals surface area contributed by atoms with Crippen LogP contribution in [0.4, 0.5) is 9.59 Å². The van der Waals surface area contributed by atoms with E-state index in [1.54, 1.807) is 29.3 Å². The monoisotopic (exact) mass is 540 g/mol. The normalized spacial score (nSPS) is 13.9. The third kappa shape index (κ3) is 7.51. The first kappa shape index (κ1) is 29.0. The van der Waals surface area contributed by atoms with Gasteiger partial charge in [-0.05, 0) is 63.9 Å². The number of likely N-dealkylation sites (tertiary alicyclic amines) is 1. The van der Waals surface area contributed by atoms with Gasteiger partial charge in [-0.3, -0.25) is 4.79 Å². The molecular formula is C29H37ClN4O4. The molecule has 2 aromatic carbocycles. The van der Waals surface area contributed by atoms with E-state index in [0.717, 1.165) is 5.69 Å². The molecular weight excluding hydrogens is 504 g/mol. The first-order valence-corrected chi connectivity index (χ1v) is 13.4. The summed E-state index contributed by atoms with van der Waals surface area (Å²) in [7, 11) is 0. The predicted octanol–water partition coefficient (Wildman–Crippen LogP) is 5.87. The van der Waals surface area contributed by atoms with Gasteiger partial charge in [-0.15, -0.1) is 0 Å². The number of amides is 3. The summed E-state index contributed by atoms with van der Waals surface area (Å²) >= 11 is 6.21. The molecule has 1 aromatic heterocycles. The summed E-state index contributed by atoms with van der Waals surface area (Å²) in [6.07, 6.45) is 2.67. The molecule has 204 valence electrons. The maximum atomic E-state index is 13.1. The number of halogens is 1. The van der Waals surface area contributed by atoms with Crippen LogP contribution >= 0.6 is 11.6 Å². The van der Waals surface area contributed by atoms with Gasteiger partial charge in [-0.1, -0.05) is 43.6 Å². The van der Waals surface area contributed by atoms with Crippen molar-refractivity contribution in [2.45, 2.75) is 65.6 Å². The average molecular weight is 541 g/mol. The van der Waals surface area contributed by atoms with Gasteiger partial charge in [0.05, 0.1) is 5.52 Å². The van der Waals surface area contributed by atoms with Crippen LogP contribution in [0, 0.1) is 0 Å². The Morgan fingerprint density at radius 3 is 2.34 bits per heavy atom. The highest BCUT2D eigenvalue weighted by Crippen LogP contribution is 2.21. The molecule has 0 unspecified atom stereocenters. The number of ether oxygens (including phenoxy) is 1. The minimum absolute atomic E-state index is 0.0663. The lowest BCUT2D eigenvalue weighted by molar-refractivity contribution is 0.0201. The Morgan fingerprint density at radius 1 is 1.05 bits per heavy atom. The van der Waals surface area contributed by atoms with E-state index in [9.17, 15) is 14.4 Å². The highest BCUT2D eigenvalue weighted by Gasteiger charge is 2.27. The van der Waals surface area contributed by atoms with Crippen LogP contribution in [0.1, 0.15) is 53.0 Å². The fourth-order valence-corrected chi connectivity index (χ4v) is 4.39. The molecule has 38 heavy (non-hydrogen) atoms. The highest BCUT2D eigenvalue weighted by molar-refractivity contribution is 6.31. The first-order chi connectivity index (χ1) is 18.1. The zero-order valence-electron chi connectivity index (χ0n) is 22.7. The van der Waals surface area contributed by atoms with Crippen LogP contribution in [0.2, 0.25) is 5.02 Å². The molecule has 3 amide bonds. The maximum Gasteiger partial charge on any atom is 0.410 e. The molecule has 0 atom stereocenters. The number of pyridine rings is 1. The molecule has 4 rings (SSSR count). The van der Waals surface area contributed by atoms with Gasteiger partial charge in [0.25, 0.3) is 0 Å². The average Bonchev–Trinajstić information content (AvgIpc) is 2.89. The molecule has 8 nitrogen and oxygen atoms in total. The standard InChI is InChI=1S/C27H31ClN4O4.C2H6/c1-27(2,3)36-26(35)31-13-11-20(12-14-31)30-25(34)29-16-18-17-32(21-7-5-4-6-8-21)23-15-19(28)9-10-22(23)24(18)33;1-2/h4-10,15,17,20H,11-14,16H2,1-3H3,(H2,29,30,34);1-2H3. The van der Waals surface area contributed by atoms with Crippen molar-refractivity contribution in [1.82, 2.24) is 20.1 Å². The number of piperidine rings is 1. The fraction of sp³-hybridized carbons (Fsp3) is 0.414. The molecule has 1 fully saturated rings. The molecule has 0 spiro atoms. The van der Waals surface area contributed by atoms with Gasteiger partial charge < -0.3 is 24.8 Å². The van der Waals surface area contributed by atoms with Gasteiger partial charge in [0.1, 0.15) is 5.60 Å². The Morgan fingerprint density at radius 2 is 1.71 bits per heavy atom. The molecule has 1 aliphatic rings. The van der Waals surface area contributed by atoms with Crippen molar-refractivity contribution >= 4 is 34.6 Å². The number of benzene rings is 2. The summed E-state index contributed by atoms with van der Waals surface area (Å²) < 4.78 is 7.33. The van der Waals surface area contributed by atoms with Crippen molar-refractivity contribution in [2.24, 2.45) is 0 Å². The Bertz CT molecular complexity index is 1310. The number of nitrogens with zero attached hydrogens (tertiary/aromatic N) is 2. The number of carbonyl (C=O) groups is 2. The van der Waals surface area contributed by atoms with Crippen molar-refractivity contribution < 1.29 is 14.3 Å². The number of urea groups is 1. The second kappa shape index (κ2) is 12.8. The van der Waals surface area contributed by atoms with Gasteiger partial charge in [-0.25, -0.2) is 9.59 Å². The Balaban J connectivity index is 0.00000195. The van der Waals surface area contributed by atoms with Crippen LogP contribution in [0.25, 0.3) is 16.6 Å². The second-order valence-electron chi connectivity index (χ2n) is 9.92. The van der Waals surface area contributed by atoms with E-state index in [1.807, 2.05) is 69.5 Å². The fourth-order valence-electron chi connectivity index (χ4n) is 4.23. The largest absolute Gasteiger partial charge is 0.444 e. The Kier molecular flexibility index (Phi) is 9.80. The topological polar surface area (TPSA) is 92.7 Å². The predicted molar refractivity (Wildman–Crippen MR) is 152 cm³/mol. The van der Waals surface area contributed by atoms with Crippen molar-refractivity contribution in [3.05, 3.63) is 75.5 Å². The van der Waals surface area contributed by atoms with Crippen LogP contribution in [-0.4, -0.2) is 46.3 Å². The molecule has 1 aliphatic heterocycles. The maximum absolute atomic E-state index is 13.1. The van der Waals surface area contributed by atoms with Crippen LogP contribution in [0.3, 0.4) is 0 Å². The summed E-state index contributed by atoms with van der Waals surface area (Å²) in [6.45, 7) is 10.6. The molecule has 1 saturated heterocycles. The van der Waals surface area contributed by atoms with E-state index in [2.05, 4.69) is 10.6 Å². The third-order valence-electron chi connectivity index (χ3n) is 6.00. The lowest BCUT2D eigenvalue weighted by Gasteiger charge is -2.33. The molecule has 0 radical (unpaired) electrons. The molecule has 2 N–H and O–H groups in total. The lowest BCUT2D eigenvalue weighted by Crippen LogP contribution is -2.49. The van der Waals surface area contributed by atoms with E-state index in [1.165, 1.54) is 0 Å². The second-order valence-corrected chi connectivity index (χ2v) is 10.4. The lowest BCUT2D eigenvalue weighted by atomic mass is 10.1. The number of fused-ring (bicyclic) bond motifs is 1. The highest BCUT2D eigenvalue weighted by atomic mass is 35.5. The Labute approximate surface area is 228 Å². The van der Waals surface area contributed by atoms with Crippen molar-refractivity contribution in [3.63, 3.8) is 0 Å². The van der Waals surface area contributed by atoms with Crippen molar-refractivity contribution in [1.29, 1.82) is 0 Å². The number of para-hydroxylation sites is 1. The molecule has 9 heteroatoms. The van der Waals surface area contributed by atoms with Gasteiger partial charge in [0.15, 0.2) is 5.43 Å². The number of carbonyl (C=O) groups excluding carboxylic acids is 2. The summed E-state index contributed by atoms with van der Waals surface area (Å²) in [5.41, 5.74) is 1.35. The molecule has 0 aliphatic carbocycles. The summed E-state index contributed by atoms with van der Waals surface area (Å²) in [4.78, 5) is 39.7. The number of nitrogens with one attached hydrogen (secondary N) is 2. The van der Waals surface area contributed by atoms with Gasteiger partial charge in [0.2, 0.25) is 0 Å². The van der Waals surface area contributed by atoms with E-state index in [4.69, 9.17) is 16.3 Å². The zero-order chi connectivity index (χ0) is 27.9. The summed E-state index contributed by atoms with van der Waals surface area (Å²) in [5, 5.41) is 6.83. The van der Waals surface area contributed by atoms with Gasteiger partial charge in [0, 0.05) is 53.5 Å². The number of hydrogen-bond donors (Lipinski definition) is 2. The summed E-state index contributed by atoms with van der Waals surface area (Å²) in [6, 6.07) is 14.4. The minimum atomic E-state index is -0.541. The first-order valence-electron chi connectivity index (χ1n) is 13.0. The van der Waals surface area contributed by atoms with Crippen molar-refractivity contribution in [2.75, 3.05) is 13.1 Å². The van der Waals surface area contributed by atoms with Crippen LogP contribution in [0.5, 0.6) is 0 Å². The number of hydrogen-bond acceptors (Lipinski definition) is 4. The van der Waals surface area contributed by atoms with E-state index < -0.39 is 5.60 Å². The van der Waals surface area contributed by atoms with E-state index >= 15 is 0 Å². The smallest absolute Gasteiger partial charge is 0.410 e. The molecule has 0 saturated carbocycles. The summed E-state index contributed by atoms with van der Waals surface area (Å²) in [5.74, 6) is 0. The SMILES string of the molecule is CC.CC(C)(C)OC(=O)N1CCC(NC(=O)NCc2cn(-c3ccccc3)c3cc(Cl)ccc3c2=O)CC1. The van der Waals surface area contributed by atoms with Crippen LogP contribution in [-0.2, 0) is 11.3 Å².